The molecule has 0 aliphatic rings. The summed E-state index contributed by atoms with van der Waals surface area (Å²) in [6, 6.07) is 5.68. The average molecular weight is 493 g/mol. The zero-order valence-corrected chi connectivity index (χ0v) is 21.4. The lowest BCUT2D eigenvalue weighted by molar-refractivity contribution is 0.484. The van der Waals surface area contributed by atoms with Crippen molar-refractivity contribution in [1.82, 2.24) is 24.7 Å². The fourth-order valence-electron chi connectivity index (χ4n) is 3.59. The lowest BCUT2D eigenvalue weighted by Gasteiger charge is -2.18. The van der Waals surface area contributed by atoms with Crippen molar-refractivity contribution in [2.75, 3.05) is 11.9 Å². The SMILES string of the molecule is CCCC(Cn1cncn1)c1ccc(Cl)cc1Cl.CCCCc1c(C)nc(NCC)[nH]c1=O. The van der Waals surface area contributed by atoms with Gasteiger partial charge < -0.3 is 5.32 Å². The lowest BCUT2D eigenvalue weighted by atomic mass is 9.94. The van der Waals surface area contributed by atoms with E-state index >= 15 is 0 Å². The largest absolute Gasteiger partial charge is 0.356 e. The van der Waals surface area contributed by atoms with Gasteiger partial charge in [0.05, 0.1) is 0 Å². The molecule has 0 fully saturated rings. The molecule has 3 aromatic rings. The summed E-state index contributed by atoms with van der Waals surface area (Å²) >= 11 is 12.2. The zero-order valence-electron chi connectivity index (χ0n) is 19.9. The molecule has 1 aromatic carbocycles. The Hall–Kier alpha value is -2.38. The predicted octanol–water partition coefficient (Wildman–Crippen LogP) is 6.02. The van der Waals surface area contributed by atoms with E-state index in [1.54, 1.807) is 18.7 Å². The minimum atomic E-state index is -0.00750. The van der Waals surface area contributed by atoms with Crippen molar-refractivity contribution in [2.24, 2.45) is 0 Å². The number of aryl methyl sites for hydroxylation is 1. The molecule has 0 saturated heterocycles. The summed E-state index contributed by atoms with van der Waals surface area (Å²) in [5.74, 6) is 0.904. The molecular formula is C24H34Cl2N6O. The maximum Gasteiger partial charge on any atom is 0.255 e. The van der Waals surface area contributed by atoms with Gasteiger partial charge in [0, 0.05) is 40.3 Å². The number of aromatic amines is 1. The van der Waals surface area contributed by atoms with Gasteiger partial charge in [-0.05, 0) is 50.8 Å². The van der Waals surface area contributed by atoms with E-state index in [-0.39, 0.29) is 5.56 Å². The number of rotatable bonds is 10. The predicted molar refractivity (Wildman–Crippen MR) is 137 cm³/mol. The van der Waals surface area contributed by atoms with Crippen LogP contribution < -0.4 is 10.9 Å². The highest BCUT2D eigenvalue weighted by molar-refractivity contribution is 6.35. The Morgan fingerprint density at radius 1 is 1.18 bits per heavy atom. The van der Waals surface area contributed by atoms with Gasteiger partial charge in [0.2, 0.25) is 5.95 Å². The number of nitrogens with zero attached hydrogens (tertiary/aromatic N) is 4. The van der Waals surface area contributed by atoms with Crippen LogP contribution in [0.15, 0.2) is 35.6 Å². The van der Waals surface area contributed by atoms with Gasteiger partial charge in [-0.15, -0.1) is 0 Å². The molecule has 0 saturated carbocycles. The van der Waals surface area contributed by atoms with Gasteiger partial charge in [-0.1, -0.05) is 56.0 Å². The number of aromatic nitrogens is 5. The van der Waals surface area contributed by atoms with E-state index in [2.05, 4.69) is 39.2 Å². The van der Waals surface area contributed by atoms with Crippen LogP contribution in [0.25, 0.3) is 0 Å². The lowest BCUT2D eigenvalue weighted by Crippen LogP contribution is -2.19. The van der Waals surface area contributed by atoms with Crippen LogP contribution in [0.2, 0.25) is 10.0 Å². The average Bonchev–Trinajstić information content (AvgIpc) is 3.27. The fraction of sp³-hybridized carbons (Fsp3) is 0.500. The first-order valence-electron chi connectivity index (χ1n) is 11.5. The van der Waals surface area contributed by atoms with Crippen molar-refractivity contribution in [2.45, 2.75) is 72.3 Å². The second-order valence-electron chi connectivity index (χ2n) is 7.88. The van der Waals surface area contributed by atoms with Crippen LogP contribution in [0.4, 0.5) is 5.95 Å². The van der Waals surface area contributed by atoms with Crippen molar-refractivity contribution < 1.29 is 0 Å². The van der Waals surface area contributed by atoms with Gasteiger partial charge in [-0.2, -0.15) is 5.10 Å². The third-order valence-corrected chi connectivity index (χ3v) is 5.82. The van der Waals surface area contributed by atoms with Gasteiger partial charge in [0.25, 0.3) is 5.56 Å². The number of hydrogen-bond acceptors (Lipinski definition) is 5. The van der Waals surface area contributed by atoms with Crippen molar-refractivity contribution in [3.05, 3.63) is 68.1 Å². The van der Waals surface area contributed by atoms with E-state index in [9.17, 15) is 4.79 Å². The molecule has 3 rings (SSSR count). The molecule has 180 valence electrons. The van der Waals surface area contributed by atoms with Crippen LogP contribution in [-0.2, 0) is 13.0 Å². The first-order valence-corrected chi connectivity index (χ1v) is 12.3. The van der Waals surface area contributed by atoms with Crippen LogP contribution >= 0.6 is 23.2 Å². The van der Waals surface area contributed by atoms with Gasteiger partial charge >= 0.3 is 0 Å². The molecule has 1 atom stereocenters. The van der Waals surface area contributed by atoms with Crippen LogP contribution in [0, 0.1) is 6.92 Å². The van der Waals surface area contributed by atoms with E-state index < -0.39 is 0 Å². The molecular weight excluding hydrogens is 459 g/mol. The summed E-state index contributed by atoms with van der Waals surface area (Å²) in [5, 5.41) is 8.54. The zero-order chi connectivity index (χ0) is 24.2. The van der Waals surface area contributed by atoms with E-state index in [1.807, 2.05) is 30.7 Å². The monoisotopic (exact) mass is 492 g/mol. The Labute approximate surface area is 206 Å². The Kier molecular flexibility index (Phi) is 11.4. The Balaban J connectivity index is 0.000000238. The van der Waals surface area contributed by atoms with Crippen molar-refractivity contribution in [3.63, 3.8) is 0 Å². The first kappa shape index (κ1) is 26.9. The number of hydrogen-bond donors (Lipinski definition) is 2. The highest BCUT2D eigenvalue weighted by Crippen LogP contribution is 2.31. The van der Waals surface area contributed by atoms with E-state index in [1.165, 1.54) is 0 Å². The maximum atomic E-state index is 11.7. The topological polar surface area (TPSA) is 88.5 Å². The third-order valence-electron chi connectivity index (χ3n) is 5.26. The van der Waals surface area contributed by atoms with E-state index in [0.717, 1.165) is 67.0 Å². The standard InChI is InChI=1S/C13H15Cl2N3.C11H19N3O/c1-2-3-10(7-18-9-16-8-17-18)12-5-4-11(14)6-13(12)15;1-4-6-7-9-8(3)13-11(12-5-2)14-10(9)15/h4-6,8-10H,2-3,7H2,1H3;4-7H2,1-3H3,(H2,12,13,14,15). The molecule has 2 N–H and O–H groups in total. The highest BCUT2D eigenvalue weighted by Gasteiger charge is 2.15. The van der Waals surface area contributed by atoms with Crippen LogP contribution in [-0.4, -0.2) is 31.3 Å². The first-order chi connectivity index (χ1) is 15.9. The summed E-state index contributed by atoms with van der Waals surface area (Å²) in [6.07, 6.45) is 8.37. The molecule has 7 nitrogen and oxygen atoms in total. The Morgan fingerprint density at radius 2 is 1.97 bits per heavy atom. The van der Waals surface area contributed by atoms with Gasteiger partial charge in [-0.3, -0.25) is 14.5 Å². The quantitative estimate of drug-likeness (QED) is 0.361. The highest BCUT2D eigenvalue weighted by atomic mass is 35.5. The number of benzene rings is 1. The molecule has 0 bridgehead atoms. The molecule has 0 radical (unpaired) electrons. The molecule has 0 aliphatic carbocycles. The van der Waals surface area contributed by atoms with Crippen LogP contribution in [0.3, 0.4) is 0 Å². The molecule has 2 heterocycles. The molecule has 0 amide bonds. The van der Waals surface area contributed by atoms with E-state index in [4.69, 9.17) is 23.2 Å². The minimum Gasteiger partial charge on any atom is -0.356 e. The van der Waals surface area contributed by atoms with Gasteiger partial charge in [0.15, 0.2) is 0 Å². The summed E-state index contributed by atoms with van der Waals surface area (Å²) in [4.78, 5) is 22.7. The minimum absolute atomic E-state index is 0.00750. The third kappa shape index (κ3) is 8.48. The molecule has 1 unspecified atom stereocenters. The summed E-state index contributed by atoms with van der Waals surface area (Å²) < 4.78 is 1.84. The normalized spacial score (nSPS) is 11.6. The second kappa shape index (κ2) is 14.0. The number of halogens is 2. The smallest absolute Gasteiger partial charge is 0.255 e. The van der Waals surface area contributed by atoms with Crippen LogP contribution in [0.1, 0.15) is 69.2 Å². The Morgan fingerprint density at radius 3 is 2.55 bits per heavy atom. The van der Waals surface area contributed by atoms with Crippen molar-refractivity contribution in [1.29, 1.82) is 0 Å². The molecule has 0 aliphatic heterocycles. The van der Waals surface area contributed by atoms with Gasteiger partial charge in [-0.25, -0.2) is 9.97 Å². The fourth-order valence-corrected chi connectivity index (χ4v) is 4.15. The van der Waals surface area contributed by atoms with Gasteiger partial charge in [0.1, 0.15) is 12.7 Å². The molecule has 9 heteroatoms. The maximum absolute atomic E-state index is 11.7. The van der Waals surface area contributed by atoms with Crippen molar-refractivity contribution in [3.8, 4) is 0 Å². The summed E-state index contributed by atoms with van der Waals surface area (Å²) in [7, 11) is 0. The number of H-pyrrole nitrogens is 1. The van der Waals surface area contributed by atoms with E-state index in [0.29, 0.717) is 16.9 Å². The number of nitrogens with one attached hydrogen (secondary N) is 2. The molecule has 33 heavy (non-hydrogen) atoms. The molecule has 0 spiro atoms. The summed E-state index contributed by atoms with van der Waals surface area (Å²) in [6.45, 7) is 9.69. The number of unbranched alkanes of at least 4 members (excludes halogenated alkanes) is 1. The number of anilines is 1. The summed E-state index contributed by atoms with van der Waals surface area (Å²) in [5.41, 5.74) is 2.77. The van der Waals surface area contributed by atoms with Crippen molar-refractivity contribution >= 4 is 29.2 Å². The second-order valence-corrected chi connectivity index (χ2v) is 8.72. The Bertz CT molecular complexity index is 1040. The van der Waals surface area contributed by atoms with Crippen LogP contribution in [0.5, 0.6) is 0 Å². The molecule has 2 aromatic heterocycles.